The number of carbonyl (C=O) groups excluding carboxylic acids is 1. The van der Waals surface area contributed by atoms with Crippen LogP contribution in [0.25, 0.3) is 10.6 Å². The fourth-order valence-electron chi connectivity index (χ4n) is 2.03. The first-order valence-electron chi connectivity index (χ1n) is 7.11. The zero-order chi connectivity index (χ0) is 18.7. The summed E-state index contributed by atoms with van der Waals surface area (Å²) in [5.41, 5.74) is 0.778. The largest absolute Gasteiger partial charge is 0.364 e. The van der Waals surface area contributed by atoms with E-state index in [1.165, 1.54) is 25.6 Å². The van der Waals surface area contributed by atoms with E-state index in [0.29, 0.717) is 10.6 Å². The summed E-state index contributed by atoms with van der Waals surface area (Å²) in [6.45, 7) is 0. The van der Waals surface area contributed by atoms with Crippen LogP contribution in [0, 0.1) is 5.82 Å². The SMILES string of the molecule is COC(O)c1cc(F)c(Cl)cc1NC(=O)c1nnc(-c2ccnnc2)s1. The molecule has 3 aromatic rings. The highest BCUT2D eigenvalue weighted by Crippen LogP contribution is 2.30. The Morgan fingerprint density at radius 2 is 2.19 bits per heavy atom. The number of benzene rings is 1. The highest BCUT2D eigenvalue weighted by molar-refractivity contribution is 7.16. The van der Waals surface area contributed by atoms with E-state index in [2.05, 4.69) is 25.7 Å². The highest BCUT2D eigenvalue weighted by Gasteiger charge is 2.20. The van der Waals surface area contributed by atoms with E-state index >= 15 is 0 Å². The number of anilines is 1. The van der Waals surface area contributed by atoms with Crippen molar-refractivity contribution in [3.8, 4) is 10.6 Å². The molecule has 0 saturated heterocycles. The Labute approximate surface area is 155 Å². The molecule has 3 rings (SSSR count). The standard InChI is InChI=1S/C15H11ClFN5O3S/c1-25-15(24)8-4-10(17)9(16)5-11(8)20-12(23)14-22-21-13(26-14)7-2-3-18-19-6-7/h2-6,15,24H,1H3,(H,20,23). The van der Waals surface area contributed by atoms with Gasteiger partial charge in [0.2, 0.25) is 5.01 Å². The van der Waals surface area contributed by atoms with E-state index in [4.69, 9.17) is 16.3 Å². The van der Waals surface area contributed by atoms with Crippen molar-refractivity contribution in [2.75, 3.05) is 12.4 Å². The van der Waals surface area contributed by atoms with E-state index in [1.54, 1.807) is 6.07 Å². The van der Waals surface area contributed by atoms with Gasteiger partial charge in [0.25, 0.3) is 5.91 Å². The number of carbonyl (C=O) groups is 1. The normalized spacial score (nSPS) is 12.0. The lowest BCUT2D eigenvalue weighted by Crippen LogP contribution is -2.15. The first kappa shape index (κ1) is 18.3. The molecule has 0 radical (unpaired) electrons. The summed E-state index contributed by atoms with van der Waals surface area (Å²) in [5.74, 6) is -1.35. The minimum atomic E-state index is -1.44. The topological polar surface area (TPSA) is 110 Å². The zero-order valence-corrected chi connectivity index (χ0v) is 14.8. The third-order valence-electron chi connectivity index (χ3n) is 3.28. The zero-order valence-electron chi connectivity index (χ0n) is 13.2. The third kappa shape index (κ3) is 3.83. The first-order chi connectivity index (χ1) is 12.5. The summed E-state index contributed by atoms with van der Waals surface area (Å²) < 4.78 is 18.4. The van der Waals surface area contributed by atoms with E-state index in [9.17, 15) is 14.3 Å². The minimum absolute atomic E-state index is 0.0193. The molecular formula is C15H11ClFN5O3S. The van der Waals surface area contributed by atoms with Gasteiger partial charge in [-0.15, -0.1) is 10.2 Å². The maximum Gasteiger partial charge on any atom is 0.286 e. The molecule has 2 N–H and O–H groups in total. The number of amides is 1. The highest BCUT2D eigenvalue weighted by atomic mass is 35.5. The molecule has 8 nitrogen and oxygen atoms in total. The van der Waals surface area contributed by atoms with Crippen molar-refractivity contribution < 1.29 is 19.0 Å². The predicted octanol–water partition coefficient (Wildman–Crippen LogP) is 2.68. The van der Waals surface area contributed by atoms with Gasteiger partial charge in [-0.3, -0.25) is 4.79 Å². The molecule has 1 atom stereocenters. The van der Waals surface area contributed by atoms with Crippen LogP contribution in [0.1, 0.15) is 21.7 Å². The van der Waals surface area contributed by atoms with Crippen molar-refractivity contribution in [3.63, 3.8) is 0 Å². The van der Waals surface area contributed by atoms with Crippen LogP contribution < -0.4 is 5.32 Å². The van der Waals surface area contributed by atoms with Crippen LogP contribution in [0.3, 0.4) is 0 Å². The van der Waals surface area contributed by atoms with E-state index in [0.717, 1.165) is 17.4 Å². The van der Waals surface area contributed by atoms with E-state index in [1.807, 2.05) is 0 Å². The van der Waals surface area contributed by atoms with Crippen LogP contribution in [-0.2, 0) is 4.74 Å². The Hall–Kier alpha value is -2.53. The fourth-order valence-corrected chi connectivity index (χ4v) is 2.92. The minimum Gasteiger partial charge on any atom is -0.364 e. The van der Waals surface area contributed by atoms with Crippen LogP contribution in [0.5, 0.6) is 0 Å². The lowest BCUT2D eigenvalue weighted by Gasteiger charge is -2.15. The number of aromatic nitrogens is 4. The van der Waals surface area contributed by atoms with Crippen LogP contribution in [0.4, 0.5) is 10.1 Å². The number of aliphatic hydroxyl groups is 1. The van der Waals surface area contributed by atoms with Crippen LogP contribution in [0.2, 0.25) is 5.02 Å². The molecule has 0 saturated carbocycles. The second-order valence-corrected chi connectivity index (χ2v) is 6.32. The van der Waals surface area contributed by atoms with Crippen LogP contribution in [0.15, 0.2) is 30.6 Å². The van der Waals surface area contributed by atoms with Crippen LogP contribution >= 0.6 is 22.9 Å². The molecule has 0 aliphatic heterocycles. The summed E-state index contributed by atoms with van der Waals surface area (Å²) in [4.78, 5) is 12.4. The predicted molar refractivity (Wildman–Crippen MR) is 92.3 cm³/mol. The van der Waals surface area contributed by atoms with Gasteiger partial charge in [-0.2, -0.15) is 10.2 Å². The summed E-state index contributed by atoms with van der Waals surface area (Å²) in [5, 5.41) is 27.9. The van der Waals surface area contributed by atoms with Gasteiger partial charge in [0.05, 0.1) is 23.1 Å². The lowest BCUT2D eigenvalue weighted by atomic mass is 10.1. The van der Waals surface area contributed by atoms with E-state index in [-0.39, 0.29) is 21.3 Å². The van der Waals surface area contributed by atoms with Gasteiger partial charge in [-0.25, -0.2) is 4.39 Å². The molecule has 1 amide bonds. The van der Waals surface area contributed by atoms with Gasteiger partial charge in [0.1, 0.15) is 10.8 Å². The number of rotatable bonds is 5. The molecule has 26 heavy (non-hydrogen) atoms. The molecule has 1 unspecified atom stereocenters. The summed E-state index contributed by atoms with van der Waals surface area (Å²) >= 11 is 6.80. The Balaban J connectivity index is 1.87. The van der Waals surface area contributed by atoms with Crippen LogP contribution in [-0.4, -0.2) is 38.5 Å². The summed E-state index contributed by atoms with van der Waals surface area (Å²) in [6, 6.07) is 3.85. The number of methoxy groups -OCH3 is 1. The Bertz CT molecular complexity index is 940. The van der Waals surface area contributed by atoms with Crippen molar-refractivity contribution in [2.24, 2.45) is 0 Å². The Kier molecular flexibility index (Phi) is 5.47. The molecule has 0 spiro atoms. The molecule has 0 aliphatic rings. The molecule has 11 heteroatoms. The van der Waals surface area contributed by atoms with Crippen molar-refractivity contribution >= 4 is 34.5 Å². The van der Waals surface area contributed by atoms with Gasteiger partial charge in [-0.05, 0) is 18.2 Å². The van der Waals surface area contributed by atoms with Gasteiger partial charge in [0.15, 0.2) is 6.29 Å². The van der Waals surface area contributed by atoms with Crippen molar-refractivity contribution in [2.45, 2.75) is 6.29 Å². The smallest absolute Gasteiger partial charge is 0.286 e. The number of hydrogen-bond acceptors (Lipinski definition) is 8. The second-order valence-electron chi connectivity index (χ2n) is 4.94. The quantitative estimate of drug-likeness (QED) is 0.639. The molecule has 2 aromatic heterocycles. The van der Waals surface area contributed by atoms with E-state index < -0.39 is 18.0 Å². The molecule has 2 heterocycles. The molecule has 0 bridgehead atoms. The molecule has 0 fully saturated rings. The average molecular weight is 396 g/mol. The van der Waals surface area contributed by atoms with Crippen molar-refractivity contribution in [1.29, 1.82) is 0 Å². The lowest BCUT2D eigenvalue weighted by molar-refractivity contribution is -0.0765. The maximum atomic E-state index is 13.7. The number of nitrogens with zero attached hydrogens (tertiary/aromatic N) is 4. The molecule has 1 aromatic carbocycles. The number of hydrogen-bond donors (Lipinski definition) is 2. The number of aliphatic hydroxyl groups excluding tert-OH is 1. The number of ether oxygens (including phenoxy) is 1. The summed E-state index contributed by atoms with van der Waals surface area (Å²) in [6.07, 6.45) is 1.55. The summed E-state index contributed by atoms with van der Waals surface area (Å²) in [7, 11) is 1.24. The second kappa shape index (κ2) is 7.79. The third-order valence-corrected chi connectivity index (χ3v) is 4.54. The van der Waals surface area contributed by atoms with Crippen molar-refractivity contribution in [3.05, 3.63) is 52.0 Å². The van der Waals surface area contributed by atoms with Gasteiger partial charge < -0.3 is 15.2 Å². The fraction of sp³-hybridized carbons (Fsp3) is 0.133. The average Bonchev–Trinajstić information content (AvgIpc) is 3.15. The number of nitrogens with one attached hydrogen (secondary N) is 1. The number of halogens is 2. The Morgan fingerprint density at radius 1 is 1.38 bits per heavy atom. The van der Waals surface area contributed by atoms with Gasteiger partial charge >= 0.3 is 0 Å². The first-order valence-corrected chi connectivity index (χ1v) is 8.30. The monoisotopic (exact) mass is 395 g/mol. The maximum absolute atomic E-state index is 13.7. The molecule has 134 valence electrons. The Morgan fingerprint density at radius 3 is 2.88 bits per heavy atom. The van der Waals surface area contributed by atoms with Gasteiger partial charge in [-0.1, -0.05) is 22.9 Å². The molecule has 0 aliphatic carbocycles. The van der Waals surface area contributed by atoms with Gasteiger partial charge in [0, 0.05) is 18.2 Å². The molecular weight excluding hydrogens is 385 g/mol. The van der Waals surface area contributed by atoms with Crippen molar-refractivity contribution in [1.82, 2.24) is 20.4 Å².